The van der Waals surface area contributed by atoms with E-state index in [2.05, 4.69) is 0 Å². The second kappa shape index (κ2) is 7.46. The smallest absolute Gasteiger partial charge is 0.499 e. The minimum atomic E-state index is -0.954. The highest BCUT2D eigenvalue weighted by molar-refractivity contribution is 6.38. The first kappa shape index (κ1) is 13.5. The summed E-state index contributed by atoms with van der Waals surface area (Å²) in [6.45, 7) is 2.23. The van der Waals surface area contributed by atoms with E-state index in [1.165, 1.54) is 0 Å². The first-order valence-electron chi connectivity index (χ1n) is 6.10. The molecule has 0 N–H and O–H groups in total. The van der Waals surface area contributed by atoms with Gasteiger partial charge in [0.15, 0.2) is 0 Å². The van der Waals surface area contributed by atoms with Crippen molar-refractivity contribution in [1.82, 2.24) is 0 Å². The molecule has 19 heavy (non-hydrogen) atoms. The van der Waals surface area contributed by atoms with Crippen LogP contribution in [-0.4, -0.2) is 13.9 Å². The zero-order valence-corrected chi connectivity index (χ0v) is 10.7. The molecule has 0 aliphatic carbocycles. The number of hydrogen-bond acceptors (Lipinski definition) is 4. The van der Waals surface area contributed by atoms with E-state index in [4.69, 9.17) is 19.0 Å². The van der Waals surface area contributed by atoms with E-state index in [0.29, 0.717) is 18.1 Å². The van der Waals surface area contributed by atoms with Crippen molar-refractivity contribution in [3.63, 3.8) is 0 Å². The summed E-state index contributed by atoms with van der Waals surface area (Å²) in [5, 5.41) is 0. The maximum absolute atomic E-state index is 5.55. The molecular formula is C14H15BO4. The lowest BCUT2D eigenvalue weighted by atomic mass is 10.2. The SMILES string of the molecule is CCOOB(Oc1ccccc1)Oc1ccccc1. The zero-order chi connectivity index (χ0) is 13.3. The lowest BCUT2D eigenvalue weighted by molar-refractivity contribution is -0.227. The predicted octanol–water partition coefficient (Wildman–Crippen LogP) is 3.10. The Labute approximate surface area is 113 Å². The summed E-state index contributed by atoms with van der Waals surface area (Å²) in [5.41, 5.74) is 0. The molecule has 98 valence electrons. The lowest BCUT2D eigenvalue weighted by Crippen LogP contribution is -2.33. The highest BCUT2D eigenvalue weighted by Crippen LogP contribution is 2.14. The Morgan fingerprint density at radius 1 is 0.789 bits per heavy atom. The van der Waals surface area contributed by atoms with Gasteiger partial charge in [0.2, 0.25) is 0 Å². The van der Waals surface area contributed by atoms with Crippen molar-refractivity contribution in [2.45, 2.75) is 6.92 Å². The van der Waals surface area contributed by atoms with Crippen molar-refractivity contribution in [3.8, 4) is 11.5 Å². The monoisotopic (exact) mass is 258 g/mol. The van der Waals surface area contributed by atoms with Crippen LogP contribution in [0, 0.1) is 0 Å². The third-order valence-corrected chi connectivity index (χ3v) is 2.22. The fourth-order valence-corrected chi connectivity index (χ4v) is 1.41. The Kier molecular flexibility index (Phi) is 5.28. The number of benzene rings is 2. The molecule has 0 radical (unpaired) electrons. The second-order valence-electron chi connectivity index (χ2n) is 3.65. The Balaban J connectivity index is 1.99. The molecule has 0 atom stereocenters. The van der Waals surface area contributed by atoms with Gasteiger partial charge in [-0.25, -0.2) is 9.69 Å². The minimum Gasteiger partial charge on any atom is -0.499 e. The van der Waals surface area contributed by atoms with Crippen molar-refractivity contribution in [3.05, 3.63) is 60.7 Å². The molecule has 0 heterocycles. The number of rotatable bonds is 7. The highest BCUT2D eigenvalue weighted by atomic mass is 17.2. The Morgan fingerprint density at radius 2 is 1.26 bits per heavy atom. The molecule has 0 saturated carbocycles. The van der Waals surface area contributed by atoms with Gasteiger partial charge < -0.3 is 9.31 Å². The molecule has 0 spiro atoms. The molecule has 4 nitrogen and oxygen atoms in total. The molecule has 0 bridgehead atoms. The third kappa shape index (κ3) is 4.65. The molecular weight excluding hydrogens is 243 g/mol. The Bertz CT molecular complexity index is 422. The van der Waals surface area contributed by atoms with Crippen LogP contribution in [0.4, 0.5) is 0 Å². The quantitative estimate of drug-likeness (QED) is 0.434. The van der Waals surface area contributed by atoms with Crippen molar-refractivity contribution in [2.24, 2.45) is 0 Å². The van der Waals surface area contributed by atoms with Gasteiger partial charge in [0, 0.05) is 0 Å². The maximum Gasteiger partial charge on any atom is 0.816 e. The second-order valence-corrected chi connectivity index (χ2v) is 3.65. The van der Waals surface area contributed by atoms with Gasteiger partial charge in [-0.3, -0.25) is 0 Å². The van der Waals surface area contributed by atoms with Crippen LogP contribution in [0.3, 0.4) is 0 Å². The largest absolute Gasteiger partial charge is 0.816 e. The van der Waals surface area contributed by atoms with E-state index >= 15 is 0 Å². The van der Waals surface area contributed by atoms with Gasteiger partial charge in [-0.1, -0.05) is 36.4 Å². The van der Waals surface area contributed by atoms with Crippen molar-refractivity contribution in [1.29, 1.82) is 0 Å². The standard InChI is InChI=1S/C14H15BO4/c1-2-16-19-15(17-13-9-5-3-6-10-13)18-14-11-7-4-8-12-14/h3-12H,2H2,1H3. The van der Waals surface area contributed by atoms with Crippen molar-refractivity contribution < 1.29 is 19.0 Å². The van der Waals surface area contributed by atoms with Crippen LogP contribution in [0.2, 0.25) is 0 Å². The predicted molar refractivity (Wildman–Crippen MR) is 72.6 cm³/mol. The average molecular weight is 258 g/mol. The molecule has 0 amide bonds. The van der Waals surface area contributed by atoms with E-state index in [1.54, 1.807) is 0 Å². The van der Waals surface area contributed by atoms with Crippen LogP contribution in [0.15, 0.2) is 60.7 Å². The van der Waals surface area contributed by atoms with E-state index in [9.17, 15) is 0 Å². The van der Waals surface area contributed by atoms with Gasteiger partial charge in [-0.15, -0.1) is 0 Å². The Morgan fingerprint density at radius 3 is 1.68 bits per heavy atom. The van der Waals surface area contributed by atoms with Gasteiger partial charge in [-0.05, 0) is 31.2 Å². The van der Waals surface area contributed by atoms with Crippen LogP contribution in [0.25, 0.3) is 0 Å². The van der Waals surface area contributed by atoms with Gasteiger partial charge in [0.05, 0.1) is 6.61 Å². The van der Waals surface area contributed by atoms with Gasteiger partial charge >= 0.3 is 7.32 Å². The zero-order valence-electron chi connectivity index (χ0n) is 10.7. The third-order valence-electron chi connectivity index (χ3n) is 2.22. The van der Waals surface area contributed by atoms with Crippen LogP contribution in [0.5, 0.6) is 11.5 Å². The molecule has 0 unspecified atom stereocenters. The summed E-state index contributed by atoms with van der Waals surface area (Å²) >= 11 is 0. The fourth-order valence-electron chi connectivity index (χ4n) is 1.41. The minimum absolute atomic E-state index is 0.410. The number of para-hydroxylation sites is 2. The van der Waals surface area contributed by atoms with E-state index in [-0.39, 0.29) is 0 Å². The molecule has 2 aromatic rings. The number of hydrogen-bond donors (Lipinski definition) is 0. The normalized spacial score (nSPS) is 9.95. The first-order valence-corrected chi connectivity index (χ1v) is 6.10. The maximum atomic E-state index is 5.55. The molecule has 2 aromatic carbocycles. The molecule has 0 saturated heterocycles. The highest BCUT2D eigenvalue weighted by Gasteiger charge is 2.28. The summed E-state index contributed by atoms with van der Waals surface area (Å²) in [6.07, 6.45) is 0. The van der Waals surface area contributed by atoms with Crippen LogP contribution in [-0.2, 0) is 9.69 Å². The molecule has 0 fully saturated rings. The average Bonchev–Trinajstić information content (AvgIpc) is 2.47. The van der Waals surface area contributed by atoms with Gasteiger partial charge in [0.25, 0.3) is 0 Å². The van der Waals surface area contributed by atoms with Crippen molar-refractivity contribution in [2.75, 3.05) is 6.61 Å². The molecule has 5 heteroatoms. The van der Waals surface area contributed by atoms with Crippen molar-refractivity contribution >= 4 is 7.32 Å². The molecule has 0 aliphatic heterocycles. The van der Waals surface area contributed by atoms with E-state index in [1.807, 2.05) is 67.6 Å². The first-order chi connectivity index (χ1) is 9.38. The lowest BCUT2D eigenvalue weighted by Gasteiger charge is -2.14. The Hall–Kier alpha value is -1.98. The van der Waals surface area contributed by atoms with Gasteiger partial charge in [-0.2, -0.15) is 0 Å². The molecule has 0 aromatic heterocycles. The fraction of sp³-hybridized carbons (Fsp3) is 0.143. The summed E-state index contributed by atoms with van der Waals surface area (Å²) in [6, 6.07) is 18.6. The van der Waals surface area contributed by atoms with E-state index in [0.717, 1.165) is 0 Å². The summed E-state index contributed by atoms with van der Waals surface area (Å²) < 4.78 is 11.1. The van der Waals surface area contributed by atoms with E-state index < -0.39 is 7.32 Å². The van der Waals surface area contributed by atoms with Crippen LogP contribution >= 0.6 is 0 Å². The topological polar surface area (TPSA) is 36.9 Å². The van der Waals surface area contributed by atoms with Crippen LogP contribution < -0.4 is 9.31 Å². The summed E-state index contributed by atoms with van der Waals surface area (Å²) in [4.78, 5) is 9.94. The van der Waals surface area contributed by atoms with Crippen LogP contribution in [0.1, 0.15) is 6.92 Å². The van der Waals surface area contributed by atoms with Gasteiger partial charge in [0.1, 0.15) is 11.5 Å². The summed E-state index contributed by atoms with van der Waals surface area (Å²) in [7, 11) is -0.954. The molecule has 2 rings (SSSR count). The molecule has 0 aliphatic rings. The summed E-state index contributed by atoms with van der Waals surface area (Å²) in [5.74, 6) is 1.28.